The van der Waals surface area contributed by atoms with Gasteiger partial charge in [-0.2, -0.15) is 29.8 Å². The fourth-order valence-corrected chi connectivity index (χ4v) is 3.00. The predicted molar refractivity (Wildman–Crippen MR) is 93.7 cm³/mol. The average molecular weight is 668 g/mol. The van der Waals surface area contributed by atoms with Gasteiger partial charge in [0.2, 0.25) is 0 Å². The molecule has 1 aliphatic heterocycles. The number of hydrogen-bond donors (Lipinski definition) is 4. The second-order valence-corrected chi connectivity index (χ2v) is 6.06. The molecule has 0 aliphatic carbocycles. The van der Waals surface area contributed by atoms with E-state index in [9.17, 15) is 20.4 Å². The van der Waals surface area contributed by atoms with Crippen molar-refractivity contribution in [2.24, 2.45) is 0 Å². The minimum Gasteiger partial charge on any atom is -0.394 e. The number of hydrogen-bond acceptors (Lipinski definition) is 5. The van der Waals surface area contributed by atoms with Crippen molar-refractivity contribution in [3.8, 4) is 0 Å². The zero-order valence-corrected chi connectivity index (χ0v) is 22.7. The van der Waals surface area contributed by atoms with Crippen LogP contribution in [-0.2, 0) is 83.5 Å². The maximum atomic E-state index is 10.2. The molecular weight excluding hydrogens is 644 g/mol. The van der Waals surface area contributed by atoms with Crippen LogP contribution in [0.1, 0.15) is 22.8 Å². The maximum Gasteiger partial charge on any atom is 0.111 e. The van der Waals surface area contributed by atoms with E-state index in [1.54, 1.807) is 6.07 Å². The Hall–Kier alpha value is 0.617. The topological polar surface area (TPSA) is 90.2 Å². The number of benzene rings is 2. The first-order valence-electron chi connectivity index (χ1n) is 7.95. The molecule has 0 aromatic heterocycles. The Morgan fingerprint density at radius 3 is 2.18 bits per heavy atom. The van der Waals surface area contributed by atoms with Crippen LogP contribution >= 0.6 is 0 Å². The Morgan fingerprint density at radius 2 is 1.57 bits per heavy atom. The first-order valence-corrected chi connectivity index (χ1v) is 7.95. The molecule has 0 bridgehead atoms. The molecule has 1 saturated heterocycles. The summed E-state index contributed by atoms with van der Waals surface area (Å²) in [7, 11) is 0. The van der Waals surface area contributed by atoms with Gasteiger partial charge in [-0.1, -0.05) is 30.3 Å². The Balaban J connectivity index is 0. The molecule has 5 nitrogen and oxygen atoms in total. The van der Waals surface area contributed by atoms with Gasteiger partial charge in [0.05, 0.1) is 12.7 Å². The van der Waals surface area contributed by atoms with Crippen molar-refractivity contribution in [2.75, 3.05) is 6.61 Å². The molecule has 28 heavy (non-hydrogen) atoms. The van der Waals surface area contributed by atoms with Gasteiger partial charge in [-0.05, 0) is 12.0 Å². The largest absolute Gasteiger partial charge is 0.394 e. The van der Waals surface area contributed by atoms with Gasteiger partial charge in [0.25, 0.3) is 0 Å². The minimum atomic E-state index is -1.38. The van der Waals surface area contributed by atoms with Crippen LogP contribution in [0.15, 0.2) is 48.5 Å². The molecule has 150 valence electrons. The third kappa shape index (κ3) is 7.39. The molecular formula is C20H24O5VWY-2. The second-order valence-electron chi connectivity index (χ2n) is 6.06. The molecule has 2 aromatic carbocycles. The summed E-state index contributed by atoms with van der Waals surface area (Å²) >= 11 is 0. The van der Waals surface area contributed by atoms with E-state index in [0.717, 1.165) is 17.5 Å². The molecule has 0 spiro atoms. The van der Waals surface area contributed by atoms with Crippen molar-refractivity contribution in [2.45, 2.75) is 36.9 Å². The standard InChI is InChI=1S/C19H21O5.CH3.V.W.Y/c20-11-15-16(21)17(22)18(23)19(24-15)14-8-4-7-13(10-14)9-12-5-2-1-3-6-12;;;;/h1-7,10,15-23H,9,11H2;1H3;;;/q2*-1;;;/t15-,16-,17+,18-,19+;;;;/m1..../s1. The predicted octanol–water partition coefficient (Wildman–Crippen LogP) is 1.04. The van der Waals surface area contributed by atoms with Gasteiger partial charge in [-0.15, -0.1) is 5.56 Å². The van der Waals surface area contributed by atoms with E-state index in [4.69, 9.17) is 4.74 Å². The summed E-state index contributed by atoms with van der Waals surface area (Å²) in [5, 5.41) is 39.3. The summed E-state index contributed by atoms with van der Waals surface area (Å²) in [6, 6.07) is 18.5. The number of rotatable bonds is 4. The zero-order chi connectivity index (χ0) is 17.1. The van der Waals surface area contributed by atoms with Gasteiger partial charge < -0.3 is 32.6 Å². The number of aliphatic hydroxyl groups excluding tert-OH is 4. The Morgan fingerprint density at radius 1 is 0.929 bits per heavy atom. The molecule has 8 heteroatoms. The molecule has 1 heterocycles. The summed E-state index contributed by atoms with van der Waals surface area (Å²) in [6.45, 7) is -0.439. The van der Waals surface area contributed by atoms with Gasteiger partial charge in [0.1, 0.15) is 24.4 Å². The molecule has 2 aromatic rings. The average Bonchev–Trinajstić information content (AvgIpc) is 2.61. The van der Waals surface area contributed by atoms with E-state index in [0.29, 0.717) is 5.56 Å². The van der Waals surface area contributed by atoms with Crippen molar-refractivity contribution in [1.29, 1.82) is 0 Å². The van der Waals surface area contributed by atoms with Crippen LogP contribution in [0.2, 0.25) is 0 Å². The van der Waals surface area contributed by atoms with Gasteiger partial charge in [-0.25, -0.2) is 0 Å². The summed E-state index contributed by atoms with van der Waals surface area (Å²) in [5.74, 6) is 0. The summed E-state index contributed by atoms with van der Waals surface area (Å²) in [5.41, 5.74) is 2.76. The fraction of sp³-hybridized carbons (Fsp3) is 0.350. The third-order valence-corrected chi connectivity index (χ3v) is 4.34. The Kier molecular flexibility index (Phi) is 16.1. The molecule has 1 aliphatic rings. The van der Waals surface area contributed by atoms with Crippen molar-refractivity contribution in [1.82, 2.24) is 0 Å². The summed E-state index contributed by atoms with van der Waals surface area (Å²) in [4.78, 5) is 0. The smallest absolute Gasteiger partial charge is 0.111 e. The van der Waals surface area contributed by atoms with Crippen LogP contribution in [0.25, 0.3) is 0 Å². The van der Waals surface area contributed by atoms with E-state index in [-0.39, 0.29) is 79.8 Å². The van der Waals surface area contributed by atoms with E-state index >= 15 is 0 Å². The number of ether oxygens (including phenoxy) is 1. The number of aliphatic hydroxyl groups is 4. The normalized spacial score (nSPS) is 25.9. The maximum absolute atomic E-state index is 10.2. The first-order chi connectivity index (χ1) is 11.6. The van der Waals surface area contributed by atoms with Gasteiger partial charge in [0.15, 0.2) is 0 Å². The van der Waals surface area contributed by atoms with Crippen LogP contribution in [0.5, 0.6) is 0 Å². The molecule has 0 amide bonds. The SMILES string of the molecule is OC[C@H]1O[C@@H](c2[c-]ccc(Cc3ccccc3)c2)[C@H](O)[C@@H](O)[C@@H]1O.[CH3-].[V].[W].[Y]. The second kappa shape index (κ2) is 14.6. The monoisotopic (exact) mass is 668 g/mol. The van der Waals surface area contributed by atoms with Crippen molar-refractivity contribution >= 4 is 0 Å². The molecule has 2 radical (unpaired) electrons. The van der Waals surface area contributed by atoms with Gasteiger partial charge >= 0.3 is 0 Å². The molecule has 0 unspecified atom stereocenters. The molecule has 1 fully saturated rings. The third-order valence-electron chi connectivity index (χ3n) is 4.34. The van der Waals surface area contributed by atoms with E-state index < -0.39 is 37.1 Å². The minimum absolute atomic E-state index is 0. The van der Waals surface area contributed by atoms with Crippen molar-refractivity contribution in [3.63, 3.8) is 0 Å². The van der Waals surface area contributed by atoms with Crippen LogP contribution in [-0.4, -0.2) is 51.4 Å². The molecule has 4 N–H and O–H groups in total. The first kappa shape index (κ1) is 30.8. The quantitative estimate of drug-likeness (QED) is 0.366. The summed E-state index contributed by atoms with van der Waals surface area (Å²) in [6.07, 6.45) is -5.07. The van der Waals surface area contributed by atoms with Gasteiger partial charge in [0, 0.05) is 72.3 Å². The Bertz CT molecular complexity index is 677. The molecule has 3 rings (SSSR count). The fourth-order valence-electron chi connectivity index (χ4n) is 3.00. The molecule has 5 atom stereocenters. The molecule has 0 saturated carbocycles. The van der Waals surface area contributed by atoms with E-state index in [1.807, 2.05) is 42.5 Å². The van der Waals surface area contributed by atoms with Crippen LogP contribution in [0.4, 0.5) is 0 Å². The Labute approximate surface area is 217 Å². The van der Waals surface area contributed by atoms with Crippen LogP contribution < -0.4 is 0 Å². The van der Waals surface area contributed by atoms with Gasteiger partial charge in [-0.3, -0.25) is 0 Å². The van der Waals surface area contributed by atoms with E-state index in [1.165, 1.54) is 0 Å². The van der Waals surface area contributed by atoms with Crippen LogP contribution in [0.3, 0.4) is 0 Å². The van der Waals surface area contributed by atoms with E-state index in [2.05, 4.69) is 6.07 Å². The summed E-state index contributed by atoms with van der Waals surface area (Å²) < 4.78 is 5.58. The zero-order valence-electron chi connectivity index (χ0n) is 15.5. The van der Waals surface area contributed by atoms with Crippen molar-refractivity contribution < 1.29 is 97.5 Å². The van der Waals surface area contributed by atoms with Crippen LogP contribution in [0, 0.1) is 13.5 Å². The van der Waals surface area contributed by atoms with Crippen molar-refractivity contribution in [3.05, 3.63) is 78.7 Å².